The molecule has 0 aliphatic rings. The van der Waals surface area contributed by atoms with Crippen LogP contribution in [0.1, 0.15) is 34.6 Å². The Kier molecular flexibility index (Phi) is 7.17. The number of hydrogen-bond donors (Lipinski definition) is 0. The van der Waals surface area contributed by atoms with Crippen molar-refractivity contribution in [1.29, 1.82) is 0 Å². The van der Waals surface area contributed by atoms with Crippen molar-refractivity contribution in [2.24, 2.45) is 0 Å². The zero-order chi connectivity index (χ0) is 22.6. The maximum atomic E-state index is 12.1. The molecule has 3 nitrogen and oxygen atoms in total. The quantitative estimate of drug-likeness (QED) is 0.158. The normalized spacial score (nSPS) is 12.8. The van der Waals surface area contributed by atoms with Gasteiger partial charge in [0.15, 0.2) is 14.7 Å². The molecule has 0 fully saturated rings. The predicted molar refractivity (Wildman–Crippen MR) is 131 cm³/mol. The first-order chi connectivity index (χ1) is 14.5. The van der Waals surface area contributed by atoms with E-state index in [1.807, 2.05) is 63.2 Å². The highest BCUT2D eigenvalue weighted by molar-refractivity contribution is 9.10. The summed E-state index contributed by atoms with van der Waals surface area (Å²) in [5.41, 5.74) is -0.237. The van der Waals surface area contributed by atoms with Crippen LogP contribution in [0.3, 0.4) is 0 Å². The zero-order valence-corrected chi connectivity index (χ0v) is 20.9. The predicted octanol–water partition coefficient (Wildman–Crippen LogP) is 7.04. The van der Waals surface area contributed by atoms with Gasteiger partial charge in [-0.25, -0.2) is 0 Å². The van der Waals surface area contributed by atoms with Crippen molar-refractivity contribution in [3.8, 4) is 11.5 Å². The van der Waals surface area contributed by atoms with E-state index in [-0.39, 0.29) is 22.5 Å². The lowest BCUT2D eigenvalue weighted by molar-refractivity contribution is -0.136. The average molecular weight is 500 g/mol. The highest BCUT2D eigenvalue weighted by atomic mass is 79.9. The Morgan fingerprint density at radius 1 is 0.710 bits per heavy atom. The third-order valence-corrected chi connectivity index (χ3v) is 6.77. The van der Waals surface area contributed by atoms with Gasteiger partial charge in [0.05, 0.1) is 10.9 Å². The first-order valence-electron chi connectivity index (χ1n) is 10.1. The molecule has 0 saturated heterocycles. The lowest BCUT2D eigenvalue weighted by Crippen LogP contribution is -2.29. The maximum Gasteiger partial charge on any atom is 0.327 e. The summed E-state index contributed by atoms with van der Waals surface area (Å²) >= 11 is 3.34. The molecule has 3 aromatic carbocycles. The molecule has 3 rings (SSSR count). The molecule has 0 saturated carbocycles. The standard InChI is InChI=1S/C26H28BrO3S/c1-25(2,3)30-20-13-17-23(18-14-20)31(21-9-7-6-8-10-21)22-15-11-19(12-16-22)29-24(28)26(4,5)27/h6-18H,1-5H3/q+1. The van der Waals surface area contributed by atoms with E-state index in [1.54, 1.807) is 13.8 Å². The molecule has 0 heterocycles. The van der Waals surface area contributed by atoms with Crippen molar-refractivity contribution < 1.29 is 14.3 Å². The van der Waals surface area contributed by atoms with Crippen molar-refractivity contribution in [2.45, 2.75) is 59.2 Å². The Morgan fingerprint density at radius 2 is 1.16 bits per heavy atom. The Morgan fingerprint density at radius 3 is 1.61 bits per heavy atom. The summed E-state index contributed by atoms with van der Waals surface area (Å²) in [5.74, 6) is 1.07. The Hall–Kier alpha value is -2.24. The van der Waals surface area contributed by atoms with Crippen LogP contribution in [0.15, 0.2) is 93.5 Å². The molecule has 0 N–H and O–H groups in total. The van der Waals surface area contributed by atoms with E-state index in [1.165, 1.54) is 9.79 Å². The summed E-state index contributed by atoms with van der Waals surface area (Å²) in [6.45, 7) is 9.66. The van der Waals surface area contributed by atoms with Crippen LogP contribution in [0.5, 0.6) is 11.5 Å². The first-order valence-corrected chi connectivity index (χ1v) is 12.1. The molecular formula is C26H28BrO3S+. The van der Waals surface area contributed by atoms with Crippen LogP contribution in [-0.4, -0.2) is 15.9 Å². The fourth-order valence-electron chi connectivity index (χ4n) is 2.83. The van der Waals surface area contributed by atoms with Crippen molar-refractivity contribution in [1.82, 2.24) is 0 Å². The summed E-state index contributed by atoms with van der Waals surface area (Å²) in [6, 6.07) is 26.5. The van der Waals surface area contributed by atoms with Crippen LogP contribution in [0.4, 0.5) is 0 Å². The number of carbonyl (C=O) groups is 1. The minimum absolute atomic E-state index is 0.237. The van der Waals surface area contributed by atoms with Crippen LogP contribution >= 0.6 is 15.9 Å². The van der Waals surface area contributed by atoms with Gasteiger partial charge < -0.3 is 9.47 Å². The lowest BCUT2D eigenvalue weighted by Gasteiger charge is -2.21. The van der Waals surface area contributed by atoms with Gasteiger partial charge in [-0.2, -0.15) is 0 Å². The molecule has 162 valence electrons. The van der Waals surface area contributed by atoms with Crippen LogP contribution in [-0.2, 0) is 15.7 Å². The lowest BCUT2D eigenvalue weighted by atomic mass is 10.2. The minimum atomic E-state index is -0.725. The van der Waals surface area contributed by atoms with E-state index >= 15 is 0 Å². The summed E-state index contributed by atoms with van der Waals surface area (Å²) in [5, 5.41) is 0. The molecule has 0 aliphatic heterocycles. The second-order valence-electron chi connectivity index (χ2n) is 8.64. The van der Waals surface area contributed by atoms with Gasteiger partial charge in [-0.15, -0.1) is 0 Å². The number of halogens is 1. The monoisotopic (exact) mass is 499 g/mol. The number of alkyl halides is 1. The second-order valence-corrected chi connectivity index (χ2v) is 12.6. The number of benzene rings is 3. The summed E-state index contributed by atoms with van der Waals surface area (Å²) < 4.78 is 10.7. The van der Waals surface area contributed by atoms with E-state index in [2.05, 4.69) is 52.3 Å². The van der Waals surface area contributed by atoms with Gasteiger partial charge in [-0.1, -0.05) is 34.1 Å². The largest absolute Gasteiger partial charge is 0.488 e. The molecule has 31 heavy (non-hydrogen) atoms. The molecule has 0 aromatic heterocycles. The number of hydrogen-bond acceptors (Lipinski definition) is 3. The maximum absolute atomic E-state index is 12.1. The average Bonchev–Trinajstić information content (AvgIpc) is 2.70. The van der Waals surface area contributed by atoms with E-state index < -0.39 is 4.32 Å². The summed E-state index contributed by atoms with van der Waals surface area (Å²) in [6.07, 6.45) is 0. The molecule has 5 heteroatoms. The molecule has 0 bridgehead atoms. The number of rotatable bonds is 6. The third-order valence-electron chi connectivity index (χ3n) is 4.22. The van der Waals surface area contributed by atoms with Crippen LogP contribution < -0.4 is 9.47 Å². The highest BCUT2D eigenvalue weighted by Crippen LogP contribution is 2.33. The van der Waals surface area contributed by atoms with Crippen LogP contribution in [0.25, 0.3) is 0 Å². The Balaban J connectivity index is 1.91. The first kappa shape index (κ1) is 23.4. The summed E-state index contributed by atoms with van der Waals surface area (Å²) in [7, 11) is -0.289. The molecule has 0 amide bonds. The Labute approximate surface area is 196 Å². The SMILES string of the molecule is CC(C)(C)Oc1ccc([S+](c2ccccc2)c2ccc(OC(=O)C(C)(C)Br)cc2)cc1. The van der Waals surface area contributed by atoms with E-state index in [0.717, 1.165) is 10.6 Å². The van der Waals surface area contributed by atoms with Gasteiger partial charge in [0.2, 0.25) is 0 Å². The van der Waals surface area contributed by atoms with Gasteiger partial charge in [-0.3, -0.25) is 4.79 Å². The van der Waals surface area contributed by atoms with Gasteiger partial charge >= 0.3 is 5.97 Å². The fourth-order valence-corrected chi connectivity index (χ4v) is 4.98. The fraction of sp³-hybridized carbons (Fsp3) is 0.269. The number of esters is 1. The van der Waals surface area contributed by atoms with Crippen LogP contribution in [0.2, 0.25) is 0 Å². The smallest absolute Gasteiger partial charge is 0.327 e. The van der Waals surface area contributed by atoms with Crippen molar-refractivity contribution in [3.05, 3.63) is 78.9 Å². The van der Waals surface area contributed by atoms with Gasteiger partial charge in [-0.05, 0) is 95.3 Å². The molecule has 1 unspecified atom stereocenters. The van der Waals surface area contributed by atoms with E-state index in [9.17, 15) is 4.79 Å². The van der Waals surface area contributed by atoms with Crippen molar-refractivity contribution in [3.63, 3.8) is 0 Å². The zero-order valence-electron chi connectivity index (χ0n) is 18.5. The summed E-state index contributed by atoms with van der Waals surface area (Å²) in [4.78, 5) is 15.7. The molecule has 0 aliphatic carbocycles. The van der Waals surface area contributed by atoms with Gasteiger partial charge in [0.1, 0.15) is 21.4 Å². The molecule has 3 aromatic rings. The second kappa shape index (κ2) is 9.49. The molecule has 0 radical (unpaired) electrons. The topological polar surface area (TPSA) is 35.5 Å². The minimum Gasteiger partial charge on any atom is -0.488 e. The van der Waals surface area contributed by atoms with Crippen molar-refractivity contribution >= 4 is 32.8 Å². The number of carbonyl (C=O) groups excluding carboxylic acids is 1. The number of ether oxygens (including phenoxy) is 2. The Bertz CT molecular complexity index is 1000. The molecule has 0 spiro atoms. The molecule has 1 atom stereocenters. The van der Waals surface area contributed by atoms with Crippen molar-refractivity contribution in [2.75, 3.05) is 0 Å². The van der Waals surface area contributed by atoms with E-state index in [4.69, 9.17) is 9.47 Å². The third kappa shape index (κ3) is 6.62. The van der Waals surface area contributed by atoms with E-state index in [0.29, 0.717) is 5.75 Å². The van der Waals surface area contributed by atoms with Gasteiger partial charge in [0.25, 0.3) is 0 Å². The molecular weight excluding hydrogens is 472 g/mol. The highest BCUT2D eigenvalue weighted by Gasteiger charge is 2.30. The van der Waals surface area contributed by atoms with Crippen LogP contribution in [0, 0.1) is 0 Å². The van der Waals surface area contributed by atoms with Gasteiger partial charge in [0, 0.05) is 0 Å².